The van der Waals surface area contributed by atoms with E-state index < -0.39 is 11.1 Å². The van der Waals surface area contributed by atoms with E-state index in [0.29, 0.717) is 12.8 Å². The SMILES string of the molecule is CCC(C)(CC(C)(CC)N1C(=O)CC(C)C1=O)NC(C)=O. The summed E-state index contributed by atoms with van der Waals surface area (Å²) in [6, 6.07) is 0. The summed E-state index contributed by atoms with van der Waals surface area (Å²) in [4.78, 5) is 37.4. The van der Waals surface area contributed by atoms with Crippen molar-refractivity contribution in [3.05, 3.63) is 0 Å². The van der Waals surface area contributed by atoms with Crippen LogP contribution in [0, 0.1) is 5.92 Å². The molecule has 1 heterocycles. The molecule has 3 amide bonds. The Kier molecular flexibility index (Phi) is 5.18. The molecule has 3 unspecified atom stereocenters. The summed E-state index contributed by atoms with van der Waals surface area (Å²) < 4.78 is 0. The van der Waals surface area contributed by atoms with Crippen molar-refractivity contribution in [1.29, 1.82) is 0 Å². The first-order chi connectivity index (χ1) is 9.58. The zero-order chi connectivity index (χ0) is 16.4. The fourth-order valence-electron chi connectivity index (χ4n) is 3.24. The van der Waals surface area contributed by atoms with Gasteiger partial charge in [0.05, 0.1) is 0 Å². The number of amides is 3. The maximum atomic E-state index is 12.3. The molecule has 0 aromatic rings. The van der Waals surface area contributed by atoms with Crippen molar-refractivity contribution >= 4 is 17.7 Å². The van der Waals surface area contributed by atoms with Crippen molar-refractivity contribution in [3.8, 4) is 0 Å². The molecule has 0 spiro atoms. The number of likely N-dealkylation sites (tertiary alicyclic amines) is 1. The number of carbonyl (C=O) groups excluding carboxylic acids is 3. The van der Waals surface area contributed by atoms with Crippen LogP contribution in [-0.2, 0) is 14.4 Å². The van der Waals surface area contributed by atoms with Gasteiger partial charge in [-0.15, -0.1) is 0 Å². The quantitative estimate of drug-likeness (QED) is 0.764. The lowest BCUT2D eigenvalue weighted by atomic mass is 9.79. The highest BCUT2D eigenvalue weighted by molar-refractivity contribution is 6.04. The fourth-order valence-corrected chi connectivity index (χ4v) is 3.24. The highest BCUT2D eigenvalue weighted by Gasteiger charge is 2.48. The summed E-state index contributed by atoms with van der Waals surface area (Å²) >= 11 is 0. The standard InChI is InChI=1S/C16H28N2O3/c1-7-15(5,17-12(4)19)10-16(6,8-2)18-13(20)9-11(3)14(18)21/h11H,7-10H2,1-6H3,(H,17,19). The molecule has 0 radical (unpaired) electrons. The number of nitrogens with one attached hydrogen (secondary N) is 1. The van der Waals surface area contributed by atoms with Gasteiger partial charge in [-0.3, -0.25) is 19.3 Å². The van der Waals surface area contributed by atoms with Crippen LogP contribution in [0.1, 0.15) is 67.2 Å². The molecule has 5 heteroatoms. The Morgan fingerprint density at radius 3 is 2.19 bits per heavy atom. The van der Waals surface area contributed by atoms with Gasteiger partial charge in [0, 0.05) is 30.3 Å². The van der Waals surface area contributed by atoms with E-state index in [-0.39, 0.29) is 30.1 Å². The van der Waals surface area contributed by atoms with E-state index in [1.807, 2.05) is 27.7 Å². The minimum Gasteiger partial charge on any atom is -0.351 e. The van der Waals surface area contributed by atoms with Crippen LogP contribution in [0.25, 0.3) is 0 Å². The Morgan fingerprint density at radius 1 is 1.29 bits per heavy atom. The summed E-state index contributed by atoms with van der Waals surface area (Å²) in [7, 11) is 0. The lowest BCUT2D eigenvalue weighted by molar-refractivity contribution is -0.147. The van der Waals surface area contributed by atoms with Gasteiger partial charge < -0.3 is 5.32 Å². The van der Waals surface area contributed by atoms with Gasteiger partial charge in [0.25, 0.3) is 0 Å². The summed E-state index contributed by atoms with van der Waals surface area (Å²) in [5, 5.41) is 2.97. The normalized spacial score (nSPS) is 24.7. The van der Waals surface area contributed by atoms with Crippen molar-refractivity contribution in [3.63, 3.8) is 0 Å². The Morgan fingerprint density at radius 2 is 1.86 bits per heavy atom. The van der Waals surface area contributed by atoms with Crippen molar-refractivity contribution in [2.45, 2.75) is 78.3 Å². The molecular weight excluding hydrogens is 268 g/mol. The molecule has 1 fully saturated rings. The second-order valence-electron chi connectivity index (χ2n) is 6.80. The maximum Gasteiger partial charge on any atom is 0.233 e. The third kappa shape index (κ3) is 3.63. The van der Waals surface area contributed by atoms with Gasteiger partial charge in [0.15, 0.2) is 0 Å². The molecule has 0 bridgehead atoms. The van der Waals surface area contributed by atoms with E-state index in [0.717, 1.165) is 6.42 Å². The second kappa shape index (κ2) is 6.16. The van der Waals surface area contributed by atoms with Crippen molar-refractivity contribution in [1.82, 2.24) is 10.2 Å². The Balaban J connectivity index is 3.06. The van der Waals surface area contributed by atoms with Gasteiger partial charge in [-0.1, -0.05) is 20.8 Å². The van der Waals surface area contributed by atoms with E-state index in [9.17, 15) is 14.4 Å². The average Bonchev–Trinajstić information content (AvgIpc) is 2.62. The molecule has 1 rings (SSSR count). The second-order valence-corrected chi connectivity index (χ2v) is 6.80. The summed E-state index contributed by atoms with van der Waals surface area (Å²) in [5.74, 6) is -0.522. The van der Waals surface area contributed by atoms with Gasteiger partial charge in [-0.05, 0) is 33.1 Å². The van der Waals surface area contributed by atoms with Crippen LogP contribution in [0.15, 0.2) is 0 Å². The van der Waals surface area contributed by atoms with Crippen molar-refractivity contribution in [2.24, 2.45) is 5.92 Å². The zero-order valence-electron chi connectivity index (χ0n) is 14.1. The summed E-state index contributed by atoms with van der Waals surface area (Å²) in [6.45, 7) is 11.2. The van der Waals surface area contributed by atoms with Gasteiger partial charge in [0.1, 0.15) is 0 Å². The highest BCUT2D eigenvalue weighted by Crippen LogP contribution is 2.36. The van der Waals surface area contributed by atoms with E-state index in [4.69, 9.17) is 0 Å². The summed E-state index contributed by atoms with van der Waals surface area (Å²) in [5.41, 5.74) is -0.991. The smallest absolute Gasteiger partial charge is 0.233 e. The number of hydrogen-bond donors (Lipinski definition) is 1. The monoisotopic (exact) mass is 296 g/mol. The first-order valence-electron chi connectivity index (χ1n) is 7.74. The minimum absolute atomic E-state index is 0.0920. The van der Waals surface area contributed by atoms with E-state index >= 15 is 0 Å². The predicted molar refractivity (Wildman–Crippen MR) is 81.5 cm³/mol. The molecule has 120 valence electrons. The molecule has 21 heavy (non-hydrogen) atoms. The molecule has 0 saturated carbocycles. The molecule has 0 aliphatic carbocycles. The number of nitrogens with zero attached hydrogens (tertiary/aromatic N) is 1. The third-order valence-corrected chi connectivity index (χ3v) is 4.70. The van der Waals surface area contributed by atoms with Crippen molar-refractivity contribution in [2.75, 3.05) is 0 Å². The van der Waals surface area contributed by atoms with Gasteiger partial charge in [-0.25, -0.2) is 0 Å². The largest absolute Gasteiger partial charge is 0.351 e. The van der Waals surface area contributed by atoms with Crippen molar-refractivity contribution < 1.29 is 14.4 Å². The number of hydrogen-bond acceptors (Lipinski definition) is 3. The number of carbonyl (C=O) groups is 3. The molecule has 0 aromatic carbocycles. The van der Waals surface area contributed by atoms with E-state index in [1.54, 1.807) is 6.92 Å². The third-order valence-electron chi connectivity index (χ3n) is 4.70. The molecule has 1 N–H and O–H groups in total. The molecule has 0 aromatic heterocycles. The van der Waals surface area contributed by atoms with Gasteiger partial charge in [0.2, 0.25) is 17.7 Å². The molecule has 1 saturated heterocycles. The first kappa shape index (κ1) is 17.7. The van der Waals surface area contributed by atoms with E-state index in [1.165, 1.54) is 11.8 Å². The topological polar surface area (TPSA) is 66.5 Å². The van der Waals surface area contributed by atoms with Crippen LogP contribution in [0.4, 0.5) is 0 Å². The van der Waals surface area contributed by atoms with Crippen LogP contribution in [-0.4, -0.2) is 33.7 Å². The average molecular weight is 296 g/mol. The van der Waals surface area contributed by atoms with Crippen LogP contribution < -0.4 is 5.32 Å². The molecule has 3 atom stereocenters. The Hall–Kier alpha value is -1.39. The lowest BCUT2D eigenvalue weighted by Gasteiger charge is -2.43. The molecule has 1 aliphatic rings. The fraction of sp³-hybridized carbons (Fsp3) is 0.812. The molecule has 1 aliphatic heterocycles. The van der Waals surface area contributed by atoms with Crippen LogP contribution in [0.5, 0.6) is 0 Å². The lowest BCUT2D eigenvalue weighted by Crippen LogP contribution is -2.57. The predicted octanol–water partition coefficient (Wildman–Crippen LogP) is 2.25. The maximum absolute atomic E-state index is 12.3. The zero-order valence-corrected chi connectivity index (χ0v) is 14.1. The first-order valence-corrected chi connectivity index (χ1v) is 7.74. The summed E-state index contributed by atoms with van der Waals surface area (Å²) in [6.07, 6.45) is 2.27. The number of rotatable bonds is 6. The Labute approximate surface area is 127 Å². The van der Waals surface area contributed by atoms with Gasteiger partial charge >= 0.3 is 0 Å². The van der Waals surface area contributed by atoms with Gasteiger partial charge in [-0.2, -0.15) is 0 Å². The number of imide groups is 1. The highest BCUT2D eigenvalue weighted by atomic mass is 16.2. The molecular formula is C16H28N2O3. The van der Waals surface area contributed by atoms with Crippen LogP contribution in [0.2, 0.25) is 0 Å². The minimum atomic E-state index is -0.563. The molecule has 5 nitrogen and oxygen atoms in total. The van der Waals surface area contributed by atoms with Crippen LogP contribution in [0.3, 0.4) is 0 Å². The van der Waals surface area contributed by atoms with Crippen LogP contribution >= 0.6 is 0 Å². The Bertz CT molecular complexity index is 449. The van der Waals surface area contributed by atoms with E-state index in [2.05, 4.69) is 5.32 Å².